The number of nitro benzene ring substituents is 1. The molecule has 0 aromatic heterocycles. The summed E-state index contributed by atoms with van der Waals surface area (Å²) in [5, 5.41) is 39.0. The normalized spacial score (nSPS) is 25.4. The average molecular weight is 373 g/mol. The highest BCUT2D eigenvalue weighted by atomic mass is 32.2. The molecule has 9 nitrogen and oxygen atoms in total. The topological polar surface area (TPSA) is 156 Å². The zero-order valence-corrected chi connectivity index (χ0v) is 14.7. The molecular weight excluding hydrogens is 350 g/mol. The molecule has 1 aliphatic rings. The van der Waals surface area contributed by atoms with Crippen molar-refractivity contribution in [1.82, 2.24) is 0 Å². The Labute approximate surface area is 146 Å². The van der Waals surface area contributed by atoms with Crippen LogP contribution in [-0.2, 0) is 10.0 Å². The van der Waals surface area contributed by atoms with E-state index in [1.54, 1.807) is 6.92 Å². The van der Waals surface area contributed by atoms with Gasteiger partial charge in [0.15, 0.2) is 0 Å². The number of rotatable bonds is 6. The second-order valence-electron chi connectivity index (χ2n) is 6.77. The van der Waals surface area contributed by atoms with Crippen molar-refractivity contribution in [2.45, 2.75) is 49.2 Å². The summed E-state index contributed by atoms with van der Waals surface area (Å²) in [6.07, 6.45) is 1.78. The van der Waals surface area contributed by atoms with Gasteiger partial charge in [0.05, 0.1) is 22.3 Å². The molecule has 140 valence electrons. The van der Waals surface area contributed by atoms with Crippen LogP contribution in [0.25, 0.3) is 0 Å². The SMILES string of the molecule is CC1(O)CCC(C(O)CNc2ccc([N+](=O)[O-])cc2S(N)(=O)=O)CC1. The third-order valence-electron chi connectivity index (χ3n) is 4.64. The summed E-state index contributed by atoms with van der Waals surface area (Å²) in [7, 11) is -4.16. The molecular formula is C15H23N3O6S. The number of hydrogen-bond donors (Lipinski definition) is 4. The molecule has 1 unspecified atom stereocenters. The maximum absolute atomic E-state index is 11.7. The summed E-state index contributed by atoms with van der Waals surface area (Å²) in [6.45, 7) is 1.84. The zero-order valence-electron chi connectivity index (χ0n) is 13.9. The van der Waals surface area contributed by atoms with Crippen LogP contribution in [0, 0.1) is 16.0 Å². The summed E-state index contributed by atoms with van der Waals surface area (Å²) in [4.78, 5) is 9.71. The first-order chi connectivity index (χ1) is 11.5. The molecule has 1 saturated carbocycles. The number of primary sulfonamides is 1. The van der Waals surface area contributed by atoms with Crippen LogP contribution in [0.2, 0.25) is 0 Å². The minimum absolute atomic E-state index is 0.0105. The van der Waals surface area contributed by atoms with Gasteiger partial charge in [0, 0.05) is 18.7 Å². The first-order valence-corrected chi connectivity index (χ1v) is 9.50. The van der Waals surface area contributed by atoms with Crippen molar-refractivity contribution in [3.8, 4) is 0 Å². The fourth-order valence-corrected chi connectivity index (χ4v) is 3.77. The van der Waals surface area contributed by atoms with Crippen LogP contribution in [0.3, 0.4) is 0 Å². The van der Waals surface area contributed by atoms with Crippen LogP contribution in [0.1, 0.15) is 32.6 Å². The van der Waals surface area contributed by atoms with Crippen molar-refractivity contribution in [3.05, 3.63) is 28.3 Å². The molecule has 2 rings (SSSR count). The van der Waals surface area contributed by atoms with E-state index in [1.165, 1.54) is 12.1 Å². The Balaban J connectivity index is 2.09. The molecule has 10 heteroatoms. The molecule has 0 saturated heterocycles. The number of sulfonamides is 1. The summed E-state index contributed by atoms with van der Waals surface area (Å²) in [5.74, 6) is -0.0105. The van der Waals surface area contributed by atoms with E-state index in [0.717, 1.165) is 6.07 Å². The Morgan fingerprint density at radius 3 is 2.56 bits per heavy atom. The van der Waals surface area contributed by atoms with Crippen molar-refractivity contribution in [3.63, 3.8) is 0 Å². The highest BCUT2D eigenvalue weighted by Crippen LogP contribution is 2.33. The van der Waals surface area contributed by atoms with Gasteiger partial charge < -0.3 is 15.5 Å². The van der Waals surface area contributed by atoms with E-state index in [2.05, 4.69) is 5.32 Å². The number of nitro groups is 1. The molecule has 1 fully saturated rings. The Morgan fingerprint density at radius 1 is 1.44 bits per heavy atom. The monoisotopic (exact) mass is 373 g/mol. The van der Waals surface area contributed by atoms with Gasteiger partial charge in [0.1, 0.15) is 4.90 Å². The van der Waals surface area contributed by atoms with E-state index in [1.807, 2.05) is 0 Å². The van der Waals surface area contributed by atoms with E-state index in [9.17, 15) is 28.7 Å². The highest BCUT2D eigenvalue weighted by Gasteiger charge is 2.32. The second-order valence-corrected chi connectivity index (χ2v) is 8.30. The molecule has 1 atom stereocenters. The Morgan fingerprint density at radius 2 is 2.04 bits per heavy atom. The number of aliphatic hydroxyl groups excluding tert-OH is 1. The van der Waals surface area contributed by atoms with Crippen LogP contribution in [0.5, 0.6) is 0 Å². The third kappa shape index (κ3) is 5.11. The van der Waals surface area contributed by atoms with Crippen molar-refractivity contribution in [1.29, 1.82) is 0 Å². The van der Waals surface area contributed by atoms with Gasteiger partial charge in [-0.15, -0.1) is 0 Å². The third-order valence-corrected chi connectivity index (χ3v) is 5.59. The van der Waals surface area contributed by atoms with Crippen molar-refractivity contribution >= 4 is 21.4 Å². The number of nitrogens with two attached hydrogens (primary N) is 1. The number of anilines is 1. The number of benzene rings is 1. The van der Waals surface area contributed by atoms with Crippen molar-refractivity contribution in [2.24, 2.45) is 11.1 Å². The molecule has 5 N–H and O–H groups in total. The number of non-ortho nitro benzene ring substituents is 1. The minimum Gasteiger partial charge on any atom is -0.391 e. The van der Waals surface area contributed by atoms with E-state index >= 15 is 0 Å². The average Bonchev–Trinajstić information content (AvgIpc) is 2.51. The lowest BCUT2D eigenvalue weighted by Crippen LogP contribution is -2.37. The van der Waals surface area contributed by atoms with Crippen LogP contribution in [-0.4, -0.2) is 41.8 Å². The standard InChI is InChI=1S/C15H23N3O6S/c1-15(20)6-4-10(5-7-15)13(19)9-17-12-3-2-11(18(21)22)8-14(12)25(16,23)24/h2-3,8,10,13,17,19-20H,4-7,9H2,1H3,(H2,16,23,24). The minimum atomic E-state index is -4.16. The van der Waals surface area contributed by atoms with Crippen LogP contribution >= 0.6 is 0 Å². The van der Waals surface area contributed by atoms with Crippen molar-refractivity contribution < 1.29 is 23.6 Å². The Kier molecular flexibility index (Phi) is 5.67. The van der Waals surface area contributed by atoms with E-state index in [-0.39, 0.29) is 28.7 Å². The zero-order chi connectivity index (χ0) is 18.8. The summed E-state index contributed by atoms with van der Waals surface area (Å²) < 4.78 is 23.3. The molecule has 1 aromatic rings. The van der Waals surface area contributed by atoms with Gasteiger partial charge in [-0.1, -0.05) is 0 Å². The predicted octanol–water partition coefficient (Wildman–Crippen LogP) is 0.956. The summed E-state index contributed by atoms with van der Waals surface area (Å²) in [5.41, 5.74) is -0.984. The largest absolute Gasteiger partial charge is 0.391 e. The number of hydrogen-bond acceptors (Lipinski definition) is 7. The molecule has 0 spiro atoms. The van der Waals surface area contributed by atoms with Gasteiger partial charge in [0.25, 0.3) is 5.69 Å². The number of nitrogens with one attached hydrogen (secondary N) is 1. The smallest absolute Gasteiger partial charge is 0.270 e. The van der Waals surface area contributed by atoms with E-state index < -0.39 is 26.7 Å². The molecule has 0 bridgehead atoms. The maximum atomic E-state index is 11.7. The fourth-order valence-electron chi connectivity index (χ4n) is 3.03. The molecule has 0 amide bonds. The lowest BCUT2D eigenvalue weighted by molar-refractivity contribution is -0.385. The number of aliphatic hydroxyl groups is 2. The molecule has 0 aliphatic heterocycles. The maximum Gasteiger partial charge on any atom is 0.270 e. The lowest BCUT2D eigenvalue weighted by atomic mass is 9.77. The first kappa shape index (κ1) is 19.6. The number of nitrogens with zero attached hydrogens (tertiary/aromatic N) is 1. The van der Waals surface area contributed by atoms with Crippen molar-refractivity contribution in [2.75, 3.05) is 11.9 Å². The Hall–Kier alpha value is -1.75. The lowest BCUT2D eigenvalue weighted by Gasteiger charge is -2.35. The fraction of sp³-hybridized carbons (Fsp3) is 0.600. The molecule has 25 heavy (non-hydrogen) atoms. The van der Waals surface area contributed by atoms with Gasteiger partial charge in [-0.05, 0) is 44.6 Å². The van der Waals surface area contributed by atoms with Crippen LogP contribution in [0.4, 0.5) is 11.4 Å². The van der Waals surface area contributed by atoms with Gasteiger partial charge in [-0.25, -0.2) is 13.6 Å². The summed E-state index contributed by atoms with van der Waals surface area (Å²) >= 11 is 0. The van der Waals surface area contributed by atoms with Gasteiger partial charge >= 0.3 is 0 Å². The van der Waals surface area contributed by atoms with Gasteiger partial charge in [0.2, 0.25) is 10.0 Å². The molecule has 0 heterocycles. The molecule has 0 radical (unpaired) electrons. The molecule has 1 aromatic carbocycles. The summed E-state index contributed by atoms with van der Waals surface area (Å²) in [6, 6.07) is 3.32. The van der Waals surface area contributed by atoms with Crippen LogP contribution < -0.4 is 10.5 Å². The first-order valence-electron chi connectivity index (χ1n) is 7.95. The molecule has 1 aliphatic carbocycles. The highest BCUT2D eigenvalue weighted by molar-refractivity contribution is 7.89. The second kappa shape index (κ2) is 7.24. The van der Waals surface area contributed by atoms with Gasteiger partial charge in [-0.2, -0.15) is 0 Å². The predicted molar refractivity (Wildman–Crippen MR) is 91.5 cm³/mol. The van der Waals surface area contributed by atoms with Gasteiger partial charge in [-0.3, -0.25) is 10.1 Å². The van der Waals surface area contributed by atoms with Crippen LogP contribution in [0.15, 0.2) is 23.1 Å². The quantitative estimate of drug-likeness (QED) is 0.427. The van der Waals surface area contributed by atoms with E-state index in [4.69, 9.17) is 5.14 Å². The van der Waals surface area contributed by atoms with E-state index in [0.29, 0.717) is 25.7 Å². The Bertz CT molecular complexity index is 740.